The van der Waals surface area contributed by atoms with Crippen molar-refractivity contribution in [2.45, 2.75) is 26.3 Å². The average molecular weight is 434 g/mol. The van der Waals surface area contributed by atoms with Crippen molar-refractivity contribution in [1.29, 1.82) is 0 Å². The van der Waals surface area contributed by atoms with Crippen LogP contribution in [0.1, 0.15) is 30.3 Å². The van der Waals surface area contributed by atoms with Crippen molar-refractivity contribution in [1.82, 2.24) is 10.3 Å². The fraction of sp³-hybridized carbons (Fsp3) is 0.400. The molecule has 0 saturated heterocycles. The van der Waals surface area contributed by atoms with E-state index >= 15 is 0 Å². The summed E-state index contributed by atoms with van der Waals surface area (Å²) >= 11 is 8.83. The van der Waals surface area contributed by atoms with E-state index in [1.54, 1.807) is 11.3 Å². The van der Waals surface area contributed by atoms with Gasteiger partial charge in [-0.2, -0.15) is 0 Å². The Kier molecular flexibility index (Phi) is 6.67. The first-order chi connectivity index (χ1) is 10.1. The van der Waals surface area contributed by atoms with Crippen LogP contribution in [0.4, 0.5) is 0 Å². The number of nitrogens with one attached hydrogen (secondary N) is 1. The number of hydrogen-bond acceptors (Lipinski definition) is 4. The fourth-order valence-electron chi connectivity index (χ4n) is 1.99. The maximum Gasteiger partial charge on any atom is 0.147 e. The molecule has 6 heteroatoms. The smallest absolute Gasteiger partial charge is 0.147 e. The number of rotatable bonds is 7. The minimum absolute atomic E-state index is 0.430. The van der Waals surface area contributed by atoms with E-state index < -0.39 is 0 Å². The molecule has 1 unspecified atom stereocenters. The molecular weight excluding hydrogens is 416 g/mol. The third-order valence-electron chi connectivity index (χ3n) is 3.00. The third kappa shape index (κ3) is 4.77. The molecule has 0 saturated carbocycles. The zero-order chi connectivity index (χ0) is 15.2. The molecule has 2 aromatic rings. The Morgan fingerprint density at radius 3 is 2.62 bits per heavy atom. The summed E-state index contributed by atoms with van der Waals surface area (Å²) in [6.07, 6.45) is 1.86. The maximum atomic E-state index is 5.59. The van der Waals surface area contributed by atoms with Crippen LogP contribution in [-0.4, -0.2) is 18.1 Å². The normalized spacial score (nSPS) is 12.4. The van der Waals surface area contributed by atoms with Gasteiger partial charge in [-0.3, -0.25) is 0 Å². The van der Waals surface area contributed by atoms with Crippen LogP contribution in [0.3, 0.4) is 0 Å². The quantitative estimate of drug-likeness (QED) is 0.669. The molecule has 1 aromatic heterocycles. The van der Waals surface area contributed by atoms with Crippen LogP contribution in [0.25, 0.3) is 0 Å². The summed E-state index contributed by atoms with van der Waals surface area (Å²) < 4.78 is 7.54. The lowest BCUT2D eigenvalue weighted by molar-refractivity contribution is 0.336. The number of thiazole rings is 1. The average Bonchev–Trinajstić information content (AvgIpc) is 2.97. The summed E-state index contributed by atoms with van der Waals surface area (Å²) in [5.41, 5.74) is 1.21. The highest BCUT2D eigenvalue weighted by Gasteiger charge is 2.10. The summed E-state index contributed by atoms with van der Waals surface area (Å²) in [7, 11) is 0. The zero-order valence-corrected chi connectivity index (χ0v) is 16.0. The number of aromatic nitrogens is 1. The van der Waals surface area contributed by atoms with Gasteiger partial charge in [-0.1, -0.05) is 6.92 Å². The molecule has 0 aliphatic carbocycles. The van der Waals surface area contributed by atoms with Gasteiger partial charge in [0.2, 0.25) is 0 Å². The van der Waals surface area contributed by atoms with E-state index in [4.69, 9.17) is 4.74 Å². The topological polar surface area (TPSA) is 34.1 Å². The van der Waals surface area contributed by atoms with E-state index in [1.165, 1.54) is 10.6 Å². The lowest BCUT2D eigenvalue weighted by atomic mass is 10.1. The molecule has 1 heterocycles. The minimum atomic E-state index is 0.430. The van der Waals surface area contributed by atoms with Gasteiger partial charge in [0.05, 0.1) is 20.6 Å². The van der Waals surface area contributed by atoms with Crippen molar-refractivity contribution in [2.24, 2.45) is 0 Å². The van der Waals surface area contributed by atoms with E-state index in [2.05, 4.69) is 61.2 Å². The Hall–Kier alpha value is -0.430. The van der Waals surface area contributed by atoms with E-state index in [1.807, 2.05) is 18.5 Å². The predicted molar refractivity (Wildman–Crippen MR) is 95.2 cm³/mol. The molecule has 1 aromatic carbocycles. The Balaban J connectivity index is 1.91. The largest absolute Gasteiger partial charge is 0.492 e. The molecule has 114 valence electrons. The summed E-state index contributed by atoms with van der Waals surface area (Å²) in [6, 6.07) is 4.19. The zero-order valence-electron chi connectivity index (χ0n) is 12.0. The first-order valence-electron chi connectivity index (χ1n) is 6.82. The molecule has 0 fully saturated rings. The van der Waals surface area contributed by atoms with Gasteiger partial charge in [0.25, 0.3) is 0 Å². The highest BCUT2D eigenvalue weighted by Crippen LogP contribution is 2.34. The van der Waals surface area contributed by atoms with Crippen LogP contribution in [0.15, 0.2) is 32.7 Å². The molecule has 0 amide bonds. The van der Waals surface area contributed by atoms with Crippen LogP contribution in [0, 0.1) is 0 Å². The number of benzene rings is 1. The molecule has 2 rings (SSSR count). The van der Waals surface area contributed by atoms with Crippen LogP contribution in [0.5, 0.6) is 5.75 Å². The van der Waals surface area contributed by atoms with E-state index in [0.29, 0.717) is 12.5 Å². The summed E-state index contributed by atoms with van der Waals surface area (Å²) in [5.74, 6) is 1.29. The molecule has 0 aliphatic rings. The first kappa shape index (κ1) is 16.9. The lowest BCUT2D eigenvalue weighted by Gasteiger charge is -2.13. The highest BCUT2D eigenvalue weighted by atomic mass is 79.9. The number of nitrogens with zero attached hydrogens (tertiary/aromatic N) is 1. The molecule has 0 aliphatic heterocycles. The fourth-order valence-corrected chi connectivity index (χ4v) is 4.20. The lowest BCUT2D eigenvalue weighted by Crippen LogP contribution is -2.19. The van der Waals surface area contributed by atoms with E-state index in [9.17, 15) is 0 Å². The highest BCUT2D eigenvalue weighted by molar-refractivity contribution is 9.11. The van der Waals surface area contributed by atoms with Gasteiger partial charge >= 0.3 is 0 Å². The van der Waals surface area contributed by atoms with Gasteiger partial charge < -0.3 is 10.1 Å². The predicted octanol–water partition coefficient (Wildman–Crippen LogP) is 4.96. The van der Waals surface area contributed by atoms with Gasteiger partial charge in [0.15, 0.2) is 0 Å². The molecule has 0 radical (unpaired) electrons. The molecule has 21 heavy (non-hydrogen) atoms. The van der Waals surface area contributed by atoms with Gasteiger partial charge in [-0.25, -0.2) is 4.98 Å². The van der Waals surface area contributed by atoms with Crippen molar-refractivity contribution in [2.75, 3.05) is 13.2 Å². The second-order valence-corrected chi connectivity index (χ2v) is 7.36. The monoisotopic (exact) mass is 432 g/mol. The molecule has 1 atom stereocenters. The summed E-state index contributed by atoms with van der Waals surface area (Å²) in [6.45, 7) is 6.56. The van der Waals surface area contributed by atoms with Crippen LogP contribution in [0.2, 0.25) is 0 Å². The van der Waals surface area contributed by atoms with E-state index in [0.717, 1.165) is 27.8 Å². The molecule has 0 spiro atoms. The number of halogens is 2. The van der Waals surface area contributed by atoms with E-state index in [-0.39, 0.29) is 0 Å². The van der Waals surface area contributed by atoms with Crippen LogP contribution in [-0.2, 0) is 6.54 Å². The molecule has 1 N–H and O–H groups in total. The number of ether oxygens (including phenoxy) is 1. The third-order valence-corrected chi connectivity index (χ3v) is 5.18. The Morgan fingerprint density at radius 1 is 1.33 bits per heavy atom. The standard InChI is InChI=1S/C15H18Br2N2OS/c1-3-20-14-12(16)6-11(7-13(14)17)9-18-8-10(2)15-19-4-5-21-15/h4-7,10,18H,3,8-9H2,1-2H3. The van der Waals surface area contributed by atoms with Crippen LogP contribution < -0.4 is 10.1 Å². The van der Waals surface area contributed by atoms with Crippen molar-refractivity contribution in [3.63, 3.8) is 0 Å². The van der Waals surface area contributed by atoms with Gasteiger partial charge in [-0.15, -0.1) is 11.3 Å². The van der Waals surface area contributed by atoms with Crippen molar-refractivity contribution in [3.05, 3.63) is 43.2 Å². The summed E-state index contributed by atoms with van der Waals surface area (Å²) in [5, 5.41) is 6.68. The second kappa shape index (κ2) is 8.27. The molecule has 0 bridgehead atoms. The van der Waals surface area contributed by atoms with Gasteiger partial charge in [0, 0.05) is 30.6 Å². The number of hydrogen-bond donors (Lipinski definition) is 1. The SMILES string of the molecule is CCOc1c(Br)cc(CNCC(C)c2nccs2)cc1Br. The Bertz CT molecular complexity index is 552. The maximum absolute atomic E-state index is 5.59. The first-order valence-corrected chi connectivity index (χ1v) is 9.29. The van der Waals surface area contributed by atoms with Crippen molar-refractivity contribution < 1.29 is 4.74 Å². The Labute approximate surface area is 146 Å². The Morgan fingerprint density at radius 2 is 2.05 bits per heavy atom. The molecular formula is C15H18Br2N2OS. The van der Waals surface area contributed by atoms with Gasteiger partial charge in [0.1, 0.15) is 5.75 Å². The van der Waals surface area contributed by atoms with Gasteiger partial charge in [-0.05, 0) is 56.5 Å². The van der Waals surface area contributed by atoms with Crippen molar-refractivity contribution in [3.8, 4) is 5.75 Å². The minimum Gasteiger partial charge on any atom is -0.492 e. The molecule has 3 nitrogen and oxygen atoms in total. The second-order valence-electron chi connectivity index (χ2n) is 4.72. The summed E-state index contributed by atoms with van der Waals surface area (Å²) in [4.78, 5) is 4.35. The van der Waals surface area contributed by atoms with Crippen molar-refractivity contribution >= 4 is 43.2 Å². The van der Waals surface area contributed by atoms with Crippen LogP contribution >= 0.6 is 43.2 Å².